The topological polar surface area (TPSA) is 21.3 Å². The molecule has 2 rings (SSSR count). The Labute approximate surface area is 129 Å². The number of rotatable bonds is 7. The number of ether oxygens (including phenoxy) is 1. The van der Waals surface area contributed by atoms with Crippen LogP contribution in [0.5, 0.6) is 0 Å². The quantitative estimate of drug-likeness (QED) is 0.794. The molecule has 108 valence electrons. The molecule has 0 radical (unpaired) electrons. The van der Waals surface area contributed by atoms with Crippen LogP contribution in [0.4, 0.5) is 0 Å². The van der Waals surface area contributed by atoms with Crippen LogP contribution in [0.15, 0.2) is 35.7 Å². The van der Waals surface area contributed by atoms with Crippen LogP contribution in [0.3, 0.4) is 0 Å². The van der Waals surface area contributed by atoms with Gasteiger partial charge in [0.15, 0.2) is 0 Å². The lowest BCUT2D eigenvalue weighted by molar-refractivity contribution is 0.133. The Kier molecular flexibility index (Phi) is 6.05. The molecule has 20 heavy (non-hydrogen) atoms. The summed E-state index contributed by atoms with van der Waals surface area (Å²) in [5.41, 5.74) is 3.77. The highest BCUT2D eigenvalue weighted by atomic mass is 35.5. The van der Waals surface area contributed by atoms with E-state index in [4.69, 9.17) is 16.3 Å². The molecular weight excluding hydrogens is 290 g/mol. The Morgan fingerprint density at radius 3 is 2.70 bits per heavy atom. The van der Waals surface area contributed by atoms with Gasteiger partial charge in [0.1, 0.15) is 0 Å². The molecule has 1 heterocycles. The lowest BCUT2D eigenvalue weighted by atomic mass is 10.1. The largest absolute Gasteiger partial charge is 0.377 e. The normalized spacial score (nSPS) is 12.6. The summed E-state index contributed by atoms with van der Waals surface area (Å²) in [6.07, 6.45) is 0. The van der Waals surface area contributed by atoms with Crippen molar-refractivity contribution < 1.29 is 4.74 Å². The first-order valence-electron chi connectivity index (χ1n) is 6.82. The Morgan fingerprint density at radius 2 is 2.05 bits per heavy atom. The minimum absolute atomic E-state index is 0.291. The summed E-state index contributed by atoms with van der Waals surface area (Å²) >= 11 is 7.55. The van der Waals surface area contributed by atoms with Crippen LogP contribution in [-0.4, -0.2) is 6.61 Å². The zero-order valence-electron chi connectivity index (χ0n) is 11.9. The van der Waals surface area contributed by atoms with Gasteiger partial charge in [-0.05, 0) is 42.0 Å². The summed E-state index contributed by atoms with van der Waals surface area (Å²) in [6, 6.07) is 10.7. The van der Waals surface area contributed by atoms with E-state index in [0.29, 0.717) is 12.6 Å². The van der Waals surface area contributed by atoms with Crippen LogP contribution in [0.25, 0.3) is 0 Å². The number of halogens is 1. The third kappa shape index (κ3) is 4.32. The molecule has 1 N–H and O–H groups in total. The molecule has 0 bridgehead atoms. The van der Waals surface area contributed by atoms with Crippen molar-refractivity contribution in [1.29, 1.82) is 0 Å². The molecule has 1 atom stereocenters. The predicted octanol–water partition coefficient (Wildman–Crippen LogP) is 4.79. The molecule has 2 nitrogen and oxygen atoms in total. The Hall–Kier alpha value is -0.870. The molecule has 0 fully saturated rings. The summed E-state index contributed by atoms with van der Waals surface area (Å²) in [7, 11) is 0. The zero-order chi connectivity index (χ0) is 14.4. The van der Waals surface area contributed by atoms with E-state index in [1.807, 2.05) is 13.0 Å². The van der Waals surface area contributed by atoms with E-state index < -0.39 is 0 Å². The number of hydrogen-bond acceptors (Lipinski definition) is 3. The van der Waals surface area contributed by atoms with Crippen LogP contribution in [0.2, 0.25) is 4.34 Å². The van der Waals surface area contributed by atoms with E-state index in [2.05, 4.69) is 41.9 Å². The van der Waals surface area contributed by atoms with E-state index in [1.54, 1.807) is 11.3 Å². The summed E-state index contributed by atoms with van der Waals surface area (Å²) in [4.78, 5) is 0. The molecule has 0 spiro atoms. The van der Waals surface area contributed by atoms with Crippen molar-refractivity contribution in [2.75, 3.05) is 6.61 Å². The summed E-state index contributed by atoms with van der Waals surface area (Å²) in [5.74, 6) is 0. The summed E-state index contributed by atoms with van der Waals surface area (Å²) in [6.45, 7) is 6.42. The zero-order valence-corrected chi connectivity index (χ0v) is 13.4. The van der Waals surface area contributed by atoms with E-state index in [-0.39, 0.29) is 0 Å². The number of thiophene rings is 1. The molecule has 0 saturated heterocycles. The predicted molar refractivity (Wildman–Crippen MR) is 86.4 cm³/mol. The van der Waals surface area contributed by atoms with Crippen molar-refractivity contribution in [3.63, 3.8) is 0 Å². The molecule has 4 heteroatoms. The second-order valence-electron chi connectivity index (χ2n) is 4.69. The van der Waals surface area contributed by atoms with Gasteiger partial charge in [-0.2, -0.15) is 0 Å². The molecular formula is C16H20ClNOS. The van der Waals surface area contributed by atoms with Crippen molar-refractivity contribution in [3.05, 3.63) is 56.7 Å². The summed E-state index contributed by atoms with van der Waals surface area (Å²) in [5, 5.41) is 5.64. The molecule has 0 aliphatic heterocycles. The standard InChI is InChI=1S/C16H20ClNOS/c1-3-19-10-14-7-5-4-6-13(14)9-18-12(2)15-8-16(17)20-11-15/h4-8,11-12,18H,3,9-10H2,1-2H3. The van der Waals surface area contributed by atoms with Crippen molar-refractivity contribution in [1.82, 2.24) is 5.32 Å². The third-order valence-corrected chi connectivity index (χ3v) is 4.38. The average Bonchev–Trinajstić information content (AvgIpc) is 2.90. The lowest BCUT2D eigenvalue weighted by Gasteiger charge is -2.15. The molecule has 0 saturated carbocycles. The highest BCUT2D eigenvalue weighted by molar-refractivity contribution is 7.14. The van der Waals surface area contributed by atoms with Gasteiger partial charge in [0.05, 0.1) is 10.9 Å². The summed E-state index contributed by atoms with van der Waals surface area (Å²) < 4.78 is 6.35. The van der Waals surface area contributed by atoms with Crippen molar-refractivity contribution in [3.8, 4) is 0 Å². The van der Waals surface area contributed by atoms with E-state index in [0.717, 1.165) is 17.5 Å². The van der Waals surface area contributed by atoms with Crippen LogP contribution in [0.1, 0.15) is 36.6 Å². The van der Waals surface area contributed by atoms with Crippen molar-refractivity contribution in [2.45, 2.75) is 33.0 Å². The lowest BCUT2D eigenvalue weighted by Crippen LogP contribution is -2.18. The highest BCUT2D eigenvalue weighted by Gasteiger charge is 2.08. The molecule has 1 aromatic carbocycles. The van der Waals surface area contributed by atoms with Crippen molar-refractivity contribution in [2.24, 2.45) is 0 Å². The maximum atomic E-state index is 5.98. The Morgan fingerprint density at radius 1 is 1.30 bits per heavy atom. The number of nitrogens with one attached hydrogen (secondary N) is 1. The minimum Gasteiger partial charge on any atom is -0.377 e. The monoisotopic (exact) mass is 309 g/mol. The fourth-order valence-corrected chi connectivity index (χ4v) is 3.00. The minimum atomic E-state index is 0.291. The second-order valence-corrected chi connectivity index (χ2v) is 6.24. The van der Waals surface area contributed by atoms with Gasteiger partial charge in [-0.1, -0.05) is 35.9 Å². The fraction of sp³-hybridized carbons (Fsp3) is 0.375. The molecule has 2 aromatic rings. The molecule has 1 unspecified atom stereocenters. The van der Waals surface area contributed by atoms with Gasteiger partial charge in [-0.25, -0.2) is 0 Å². The van der Waals surface area contributed by atoms with E-state index >= 15 is 0 Å². The van der Waals surface area contributed by atoms with E-state index in [1.165, 1.54) is 16.7 Å². The first kappa shape index (κ1) is 15.5. The maximum absolute atomic E-state index is 5.98. The first-order valence-corrected chi connectivity index (χ1v) is 8.08. The fourth-order valence-electron chi connectivity index (χ4n) is 2.01. The van der Waals surface area contributed by atoms with E-state index in [9.17, 15) is 0 Å². The average molecular weight is 310 g/mol. The van der Waals surface area contributed by atoms with Gasteiger partial charge < -0.3 is 10.1 Å². The third-order valence-electron chi connectivity index (χ3n) is 3.27. The van der Waals surface area contributed by atoms with Gasteiger partial charge in [0.2, 0.25) is 0 Å². The second kappa shape index (κ2) is 7.79. The molecule has 0 amide bonds. The smallest absolute Gasteiger partial charge is 0.0931 e. The van der Waals surface area contributed by atoms with Crippen molar-refractivity contribution >= 4 is 22.9 Å². The van der Waals surface area contributed by atoms with Gasteiger partial charge in [-0.15, -0.1) is 11.3 Å². The number of hydrogen-bond donors (Lipinski definition) is 1. The van der Waals surface area contributed by atoms with Gasteiger partial charge >= 0.3 is 0 Å². The maximum Gasteiger partial charge on any atom is 0.0931 e. The first-order chi connectivity index (χ1) is 9.70. The molecule has 1 aromatic heterocycles. The number of benzene rings is 1. The molecule has 0 aliphatic carbocycles. The van der Waals surface area contributed by atoms with Crippen LogP contribution in [0, 0.1) is 0 Å². The van der Waals surface area contributed by atoms with Gasteiger partial charge in [0.25, 0.3) is 0 Å². The highest BCUT2D eigenvalue weighted by Crippen LogP contribution is 2.25. The van der Waals surface area contributed by atoms with Gasteiger partial charge in [-0.3, -0.25) is 0 Å². The Balaban J connectivity index is 1.96. The Bertz CT molecular complexity index is 541. The molecule has 0 aliphatic rings. The van der Waals surface area contributed by atoms with Crippen LogP contribution >= 0.6 is 22.9 Å². The SMILES string of the molecule is CCOCc1ccccc1CNC(C)c1csc(Cl)c1. The van der Waals surface area contributed by atoms with Gasteiger partial charge in [0, 0.05) is 19.2 Å². The van der Waals surface area contributed by atoms with Crippen LogP contribution in [-0.2, 0) is 17.9 Å². The van der Waals surface area contributed by atoms with Crippen LogP contribution < -0.4 is 5.32 Å².